The second-order valence-electron chi connectivity index (χ2n) is 8.58. The molecular formula is C28H14F5NO3. The number of fused-ring (bicyclic) bond motifs is 3. The molecule has 1 aliphatic rings. The van der Waals surface area contributed by atoms with Gasteiger partial charge in [0.25, 0.3) is 0 Å². The Kier molecular flexibility index (Phi) is 4.95. The van der Waals surface area contributed by atoms with Gasteiger partial charge in [0.05, 0.1) is 16.7 Å². The lowest BCUT2D eigenvalue weighted by atomic mass is 10.0. The summed E-state index contributed by atoms with van der Waals surface area (Å²) < 4.78 is 76.5. The van der Waals surface area contributed by atoms with Gasteiger partial charge in [0.2, 0.25) is 5.82 Å². The highest BCUT2D eigenvalue weighted by atomic mass is 19.2. The summed E-state index contributed by atoms with van der Waals surface area (Å²) in [5, 5.41) is 1.64. The molecule has 0 N–H and O–H groups in total. The molecule has 0 saturated heterocycles. The Bertz CT molecular complexity index is 1780. The van der Waals surface area contributed by atoms with Crippen molar-refractivity contribution in [3.05, 3.63) is 100 Å². The fraction of sp³-hybridized carbons (Fsp3) is 0.0714. The second-order valence-corrected chi connectivity index (χ2v) is 8.58. The summed E-state index contributed by atoms with van der Waals surface area (Å²) in [6.07, 6.45) is 1.41. The van der Waals surface area contributed by atoms with Crippen LogP contribution in [0.15, 0.2) is 58.5 Å². The van der Waals surface area contributed by atoms with Gasteiger partial charge in [-0.15, -0.1) is 0 Å². The zero-order chi connectivity index (χ0) is 26.2. The second kappa shape index (κ2) is 7.99. The number of nitrogens with zero attached hydrogens (tertiary/aromatic N) is 1. The fourth-order valence-electron chi connectivity index (χ4n) is 4.77. The molecule has 0 saturated carbocycles. The minimum absolute atomic E-state index is 0.0554. The first-order valence-corrected chi connectivity index (χ1v) is 11.2. The average Bonchev–Trinajstić information content (AvgIpc) is 3.51. The van der Waals surface area contributed by atoms with E-state index >= 15 is 0 Å². The van der Waals surface area contributed by atoms with E-state index in [1.54, 1.807) is 23.6 Å². The van der Waals surface area contributed by atoms with E-state index in [2.05, 4.69) is 0 Å². The summed E-state index contributed by atoms with van der Waals surface area (Å²) in [7, 11) is 0. The number of aryl methyl sites for hydroxylation is 1. The molecule has 0 aliphatic heterocycles. The first-order chi connectivity index (χ1) is 17.7. The van der Waals surface area contributed by atoms with Crippen molar-refractivity contribution in [2.75, 3.05) is 0 Å². The number of aromatic nitrogens is 1. The van der Waals surface area contributed by atoms with Gasteiger partial charge in [-0.2, -0.15) is 0 Å². The summed E-state index contributed by atoms with van der Waals surface area (Å²) >= 11 is 0. The molecule has 5 aromatic rings. The number of Topliss-reactive ketones (excluding diaryl/α,β-unsaturated/α-hetero) is 2. The van der Waals surface area contributed by atoms with Gasteiger partial charge in [-0.3, -0.25) is 9.59 Å². The van der Waals surface area contributed by atoms with E-state index in [1.807, 2.05) is 24.3 Å². The Hall–Kier alpha value is -4.53. The van der Waals surface area contributed by atoms with Gasteiger partial charge in [-0.05, 0) is 35.9 Å². The van der Waals surface area contributed by atoms with Crippen LogP contribution in [0.5, 0.6) is 0 Å². The SMILES string of the molecule is CCn1c(C=C2C(=O)c3cc4ccccc4cc3C2=O)cc2oc(-c3c(F)c(F)c(F)c(F)c3F)cc21. The van der Waals surface area contributed by atoms with Crippen molar-refractivity contribution in [2.45, 2.75) is 13.5 Å². The van der Waals surface area contributed by atoms with Crippen LogP contribution in [0.25, 0.3) is 39.3 Å². The Morgan fingerprint density at radius 1 is 0.784 bits per heavy atom. The molecule has 1 aliphatic carbocycles. The molecule has 0 amide bonds. The average molecular weight is 507 g/mol. The Morgan fingerprint density at radius 3 is 1.86 bits per heavy atom. The normalized spacial score (nSPS) is 13.3. The smallest absolute Gasteiger partial charge is 0.200 e. The molecule has 0 spiro atoms. The number of carbonyl (C=O) groups is 2. The third kappa shape index (κ3) is 3.20. The summed E-state index contributed by atoms with van der Waals surface area (Å²) in [5.74, 6) is -11.9. The number of benzene rings is 3. The van der Waals surface area contributed by atoms with E-state index in [1.165, 1.54) is 12.1 Å². The van der Waals surface area contributed by atoms with Gasteiger partial charge in [-0.25, -0.2) is 22.0 Å². The topological polar surface area (TPSA) is 52.2 Å². The summed E-state index contributed by atoms with van der Waals surface area (Å²) in [5.41, 5.74) is 0.111. The van der Waals surface area contributed by atoms with Gasteiger partial charge in [-0.1, -0.05) is 24.3 Å². The molecule has 0 atom stereocenters. The van der Waals surface area contributed by atoms with E-state index in [0.717, 1.165) is 16.8 Å². The predicted octanol–water partition coefficient (Wildman–Crippen LogP) is 7.23. The van der Waals surface area contributed by atoms with Crippen molar-refractivity contribution in [3.8, 4) is 11.3 Å². The number of hydrogen-bond acceptors (Lipinski definition) is 3. The van der Waals surface area contributed by atoms with E-state index < -0.39 is 52.0 Å². The van der Waals surface area contributed by atoms with Crippen molar-refractivity contribution < 1.29 is 36.0 Å². The number of rotatable bonds is 3. The maximum Gasteiger partial charge on any atom is 0.200 e. The number of carbonyl (C=O) groups excluding carboxylic acids is 2. The lowest BCUT2D eigenvalue weighted by molar-refractivity contribution is 0.0990. The number of ketones is 2. The first kappa shape index (κ1) is 22.9. The monoisotopic (exact) mass is 507 g/mol. The zero-order valence-corrected chi connectivity index (χ0v) is 19.0. The van der Waals surface area contributed by atoms with E-state index in [9.17, 15) is 31.5 Å². The lowest BCUT2D eigenvalue weighted by Crippen LogP contribution is -2.04. The van der Waals surface area contributed by atoms with Gasteiger partial charge in [0.1, 0.15) is 5.76 Å². The summed E-state index contributed by atoms with van der Waals surface area (Å²) in [6.45, 7) is 2.03. The van der Waals surface area contributed by atoms with Crippen LogP contribution in [0.3, 0.4) is 0 Å². The third-order valence-corrected chi connectivity index (χ3v) is 6.55. The van der Waals surface area contributed by atoms with Crippen molar-refractivity contribution in [1.29, 1.82) is 0 Å². The number of allylic oxidation sites excluding steroid dienone is 1. The predicted molar refractivity (Wildman–Crippen MR) is 126 cm³/mol. The number of halogens is 5. The standard InChI is InChI=1S/C28H14F5NO3/c1-2-34-14(9-17-27(35)15-7-12-5-3-4-6-13(12)8-16(15)28(17)36)10-19-18(34)11-20(37-19)21-22(29)24(31)26(33)25(32)23(21)30/h3-11H,2H2,1H3. The molecule has 2 heterocycles. The lowest BCUT2D eigenvalue weighted by Gasteiger charge is -2.06. The highest BCUT2D eigenvalue weighted by Crippen LogP contribution is 2.37. The largest absolute Gasteiger partial charge is 0.454 e. The van der Waals surface area contributed by atoms with Crippen LogP contribution >= 0.6 is 0 Å². The highest BCUT2D eigenvalue weighted by Gasteiger charge is 2.34. The van der Waals surface area contributed by atoms with Crippen LogP contribution in [0.1, 0.15) is 33.3 Å². The number of furan rings is 1. The van der Waals surface area contributed by atoms with E-state index in [-0.39, 0.29) is 23.2 Å². The van der Waals surface area contributed by atoms with Crippen molar-refractivity contribution in [3.63, 3.8) is 0 Å². The maximum atomic E-state index is 14.3. The van der Waals surface area contributed by atoms with Crippen LogP contribution < -0.4 is 0 Å². The molecule has 9 heteroatoms. The molecule has 0 fully saturated rings. The molecule has 0 radical (unpaired) electrons. The number of hydrogen-bond donors (Lipinski definition) is 0. The van der Waals surface area contributed by atoms with Crippen LogP contribution in [0.2, 0.25) is 0 Å². The Labute approximate surface area is 205 Å². The minimum Gasteiger partial charge on any atom is -0.454 e. The molecule has 3 aromatic carbocycles. The van der Waals surface area contributed by atoms with Crippen molar-refractivity contribution >= 4 is 39.5 Å². The van der Waals surface area contributed by atoms with Gasteiger partial charge >= 0.3 is 0 Å². The molecule has 0 bridgehead atoms. The fourth-order valence-corrected chi connectivity index (χ4v) is 4.77. The van der Waals surface area contributed by atoms with Crippen molar-refractivity contribution in [1.82, 2.24) is 4.57 Å². The maximum absolute atomic E-state index is 14.3. The van der Waals surface area contributed by atoms with Crippen LogP contribution in [-0.2, 0) is 6.54 Å². The molecule has 2 aromatic heterocycles. The first-order valence-electron chi connectivity index (χ1n) is 11.2. The van der Waals surface area contributed by atoms with Crippen LogP contribution in [0.4, 0.5) is 22.0 Å². The van der Waals surface area contributed by atoms with E-state index in [4.69, 9.17) is 4.42 Å². The molecule has 4 nitrogen and oxygen atoms in total. The van der Waals surface area contributed by atoms with Gasteiger partial charge in [0.15, 0.2) is 40.4 Å². The quantitative estimate of drug-likeness (QED) is 0.0851. The summed E-state index contributed by atoms with van der Waals surface area (Å²) in [6, 6.07) is 13.3. The zero-order valence-electron chi connectivity index (χ0n) is 19.0. The summed E-state index contributed by atoms with van der Waals surface area (Å²) in [4.78, 5) is 26.2. The molecule has 184 valence electrons. The minimum atomic E-state index is -2.26. The van der Waals surface area contributed by atoms with Gasteiger partial charge < -0.3 is 8.98 Å². The Balaban J connectivity index is 1.46. The Morgan fingerprint density at radius 2 is 1.32 bits per heavy atom. The van der Waals surface area contributed by atoms with Crippen LogP contribution in [0, 0.1) is 29.1 Å². The highest BCUT2D eigenvalue weighted by molar-refractivity contribution is 6.42. The van der Waals surface area contributed by atoms with E-state index in [0.29, 0.717) is 16.8 Å². The molecule has 37 heavy (non-hydrogen) atoms. The third-order valence-electron chi connectivity index (χ3n) is 6.55. The molecule has 0 unspecified atom stereocenters. The molecule has 6 rings (SSSR count). The molecular weight excluding hydrogens is 493 g/mol. The van der Waals surface area contributed by atoms with Gasteiger partial charge in [0, 0.05) is 35.5 Å². The van der Waals surface area contributed by atoms with Crippen LogP contribution in [-0.4, -0.2) is 16.1 Å². The van der Waals surface area contributed by atoms with Crippen molar-refractivity contribution in [2.24, 2.45) is 0 Å².